The van der Waals surface area contributed by atoms with Gasteiger partial charge in [-0.1, -0.05) is 117 Å². The smallest absolute Gasteiger partial charge is 0.338 e. The Bertz CT molecular complexity index is 1440. The zero-order valence-corrected chi connectivity index (χ0v) is 36.7. The van der Waals surface area contributed by atoms with Gasteiger partial charge in [0.15, 0.2) is 0 Å². The van der Waals surface area contributed by atoms with Crippen molar-refractivity contribution in [3.8, 4) is 0 Å². The molecule has 0 aromatic heterocycles. The molecule has 0 spiro atoms. The molecule has 1 heterocycles. The van der Waals surface area contributed by atoms with Gasteiger partial charge in [0.2, 0.25) is 0 Å². The van der Waals surface area contributed by atoms with Crippen LogP contribution in [0.5, 0.6) is 0 Å². The van der Waals surface area contributed by atoms with Crippen molar-refractivity contribution in [1.82, 2.24) is 15.0 Å². The van der Waals surface area contributed by atoms with Gasteiger partial charge in [0.05, 0.1) is 56.5 Å². The summed E-state index contributed by atoms with van der Waals surface area (Å²) in [6.07, 6.45) is 20.4. The van der Waals surface area contributed by atoms with Crippen LogP contribution in [0.2, 0.25) is 0 Å². The first-order valence-corrected chi connectivity index (χ1v) is 22.7. The van der Waals surface area contributed by atoms with Gasteiger partial charge < -0.3 is 30.5 Å². The second kappa shape index (κ2) is 28.8. The number of unbranched alkanes of at least 4 members (excludes halogenated alkanes) is 15. The number of carbonyl (C=O) groups is 3. The van der Waals surface area contributed by atoms with Crippen molar-refractivity contribution < 1.29 is 28.6 Å². The SMILES string of the molecule is CCCCCCCCOC(=O)c1ccc(NN2CN(Nc3ccc(C(=O)OCCCCCCCC)cc3)CN(Nc3ccc(C(=O)OCCCCCCCC)cc3)C2)cc1. The summed E-state index contributed by atoms with van der Waals surface area (Å²) in [5.74, 6) is -0.936. The van der Waals surface area contributed by atoms with E-state index in [0.29, 0.717) is 56.5 Å². The summed E-state index contributed by atoms with van der Waals surface area (Å²) in [7, 11) is 0. The van der Waals surface area contributed by atoms with E-state index in [9.17, 15) is 14.4 Å². The molecule has 1 fully saturated rings. The Labute approximate surface area is 359 Å². The molecule has 3 aromatic carbocycles. The molecule has 0 bridgehead atoms. The van der Waals surface area contributed by atoms with Crippen molar-refractivity contribution >= 4 is 35.0 Å². The lowest BCUT2D eigenvalue weighted by Gasteiger charge is -2.42. The fraction of sp³-hybridized carbons (Fsp3) is 0.562. The Morgan fingerprint density at radius 1 is 0.383 bits per heavy atom. The lowest BCUT2D eigenvalue weighted by Crippen LogP contribution is -2.59. The summed E-state index contributed by atoms with van der Waals surface area (Å²) in [5.41, 5.74) is 14.4. The maximum absolute atomic E-state index is 12.7. The maximum Gasteiger partial charge on any atom is 0.338 e. The minimum Gasteiger partial charge on any atom is -0.462 e. The first-order valence-electron chi connectivity index (χ1n) is 22.7. The summed E-state index contributed by atoms with van der Waals surface area (Å²) in [4.78, 5) is 38.1. The van der Waals surface area contributed by atoms with Crippen LogP contribution in [0.25, 0.3) is 0 Å². The third-order valence-corrected chi connectivity index (χ3v) is 10.4. The minimum atomic E-state index is -0.312. The maximum atomic E-state index is 12.7. The van der Waals surface area contributed by atoms with E-state index < -0.39 is 0 Å². The van der Waals surface area contributed by atoms with Crippen LogP contribution in [0, 0.1) is 0 Å². The largest absolute Gasteiger partial charge is 0.462 e. The van der Waals surface area contributed by atoms with Crippen molar-refractivity contribution in [2.45, 2.75) is 136 Å². The Hall–Kier alpha value is -4.65. The molecule has 4 rings (SSSR count). The highest BCUT2D eigenvalue weighted by Gasteiger charge is 2.25. The number of esters is 3. The minimum absolute atomic E-state index is 0.312. The van der Waals surface area contributed by atoms with E-state index >= 15 is 0 Å². The first-order chi connectivity index (χ1) is 29.4. The molecule has 0 aliphatic carbocycles. The zero-order chi connectivity index (χ0) is 42.6. The van der Waals surface area contributed by atoms with Crippen molar-refractivity contribution in [2.75, 3.05) is 56.1 Å². The van der Waals surface area contributed by atoms with Crippen molar-refractivity contribution in [3.63, 3.8) is 0 Å². The number of ether oxygens (including phenoxy) is 3. The fourth-order valence-electron chi connectivity index (χ4n) is 6.95. The molecule has 1 aliphatic rings. The van der Waals surface area contributed by atoms with Gasteiger partial charge in [-0.15, -0.1) is 0 Å². The molecule has 0 atom stereocenters. The number of nitrogens with zero attached hydrogens (tertiary/aromatic N) is 3. The second-order valence-electron chi connectivity index (χ2n) is 15.8. The molecule has 12 heteroatoms. The molecule has 330 valence electrons. The van der Waals surface area contributed by atoms with Gasteiger partial charge in [-0.05, 0) is 92.1 Å². The number of hydrogen-bond acceptors (Lipinski definition) is 12. The van der Waals surface area contributed by atoms with Crippen molar-refractivity contribution in [3.05, 3.63) is 89.5 Å². The predicted molar refractivity (Wildman–Crippen MR) is 241 cm³/mol. The number of rotatable bonds is 30. The second-order valence-corrected chi connectivity index (χ2v) is 15.8. The molecule has 3 N–H and O–H groups in total. The highest BCUT2D eigenvalue weighted by molar-refractivity contribution is 5.90. The van der Waals surface area contributed by atoms with Gasteiger partial charge in [-0.2, -0.15) is 15.0 Å². The number of benzene rings is 3. The van der Waals surface area contributed by atoms with Gasteiger partial charge in [-0.3, -0.25) is 0 Å². The van der Waals surface area contributed by atoms with Crippen LogP contribution in [0.15, 0.2) is 72.8 Å². The Morgan fingerprint density at radius 3 is 0.867 bits per heavy atom. The molecular weight excluding hydrogens is 757 g/mol. The van der Waals surface area contributed by atoms with Gasteiger partial charge in [0, 0.05) is 17.1 Å². The van der Waals surface area contributed by atoms with Crippen LogP contribution in [0.4, 0.5) is 17.1 Å². The van der Waals surface area contributed by atoms with Gasteiger partial charge in [0.1, 0.15) is 0 Å². The van der Waals surface area contributed by atoms with E-state index in [0.717, 1.165) is 55.6 Å². The number of nitrogens with one attached hydrogen (secondary N) is 3. The Kier molecular flexibility index (Phi) is 23.0. The number of carbonyl (C=O) groups excluding carboxylic acids is 3. The van der Waals surface area contributed by atoms with Crippen LogP contribution in [-0.2, 0) is 14.2 Å². The third kappa shape index (κ3) is 18.7. The highest BCUT2D eigenvalue weighted by Crippen LogP contribution is 2.20. The molecule has 0 unspecified atom stereocenters. The molecule has 12 nitrogen and oxygen atoms in total. The van der Waals surface area contributed by atoms with Gasteiger partial charge in [-0.25, -0.2) is 14.4 Å². The highest BCUT2D eigenvalue weighted by atomic mass is 16.5. The predicted octanol–water partition coefficient (Wildman–Crippen LogP) is 11.4. The molecular formula is C48H72N6O6. The van der Waals surface area contributed by atoms with E-state index in [-0.39, 0.29) is 17.9 Å². The van der Waals surface area contributed by atoms with Crippen LogP contribution < -0.4 is 16.3 Å². The van der Waals surface area contributed by atoms with Crippen LogP contribution in [0.3, 0.4) is 0 Å². The lowest BCUT2D eigenvalue weighted by atomic mass is 10.1. The molecule has 3 aromatic rings. The molecule has 1 saturated heterocycles. The summed E-state index contributed by atoms with van der Waals surface area (Å²) < 4.78 is 16.6. The summed E-state index contributed by atoms with van der Waals surface area (Å²) >= 11 is 0. The average molecular weight is 829 g/mol. The number of anilines is 3. The number of hydrogen-bond donors (Lipinski definition) is 3. The lowest BCUT2D eigenvalue weighted by molar-refractivity contribution is 0.0126. The van der Waals surface area contributed by atoms with E-state index in [4.69, 9.17) is 14.2 Å². The Balaban J connectivity index is 1.33. The van der Waals surface area contributed by atoms with Crippen molar-refractivity contribution in [1.29, 1.82) is 0 Å². The monoisotopic (exact) mass is 829 g/mol. The van der Waals surface area contributed by atoms with Gasteiger partial charge in [0.25, 0.3) is 0 Å². The molecule has 0 radical (unpaired) electrons. The normalized spacial score (nSPS) is 13.4. The van der Waals surface area contributed by atoms with Crippen LogP contribution >= 0.6 is 0 Å². The zero-order valence-electron chi connectivity index (χ0n) is 36.7. The van der Waals surface area contributed by atoms with Crippen LogP contribution in [-0.4, -0.2) is 72.8 Å². The molecule has 0 saturated carbocycles. The average Bonchev–Trinajstić information content (AvgIpc) is 3.26. The third-order valence-electron chi connectivity index (χ3n) is 10.4. The molecule has 0 amide bonds. The summed E-state index contributed by atoms with van der Waals surface area (Å²) in [6, 6.07) is 21.9. The first kappa shape index (κ1) is 48.0. The molecule has 1 aliphatic heterocycles. The van der Waals surface area contributed by atoms with E-state index in [1.807, 2.05) is 51.4 Å². The van der Waals surface area contributed by atoms with E-state index in [2.05, 4.69) is 37.0 Å². The van der Waals surface area contributed by atoms with Crippen LogP contribution in [0.1, 0.15) is 167 Å². The standard InChI is InChI=1S/C48H72N6O6/c1-4-7-10-13-16-19-34-58-46(55)40-22-28-43(29-23-40)49-52-37-53(50-44-30-24-41(25-31-44)47(56)59-35-20-17-14-11-8-5-2)39-54(38-52)51-45-32-26-42(27-33-45)48(57)60-36-21-18-15-12-9-6-3/h22-33,49-51H,4-21,34-39H2,1-3H3. The molecule has 60 heavy (non-hydrogen) atoms. The quantitative estimate of drug-likeness (QED) is 0.0336. The summed E-state index contributed by atoms with van der Waals surface area (Å²) in [5, 5.41) is 6.08. The fourth-order valence-corrected chi connectivity index (χ4v) is 6.95. The number of hydrazine groups is 3. The topological polar surface area (TPSA) is 125 Å². The summed E-state index contributed by atoms with van der Waals surface area (Å²) in [6.45, 7) is 9.38. The van der Waals surface area contributed by atoms with E-state index in [1.165, 1.54) is 77.0 Å². The van der Waals surface area contributed by atoms with Gasteiger partial charge >= 0.3 is 17.9 Å². The Morgan fingerprint density at radius 2 is 0.617 bits per heavy atom. The van der Waals surface area contributed by atoms with Crippen molar-refractivity contribution in [2.24, 2.45) is 0 Å². The van der Waals surface area contributed by atoms with E-state index in [1.54, 1.807) is 36.4 Å².